The first-order chi connectivity index (χ1) is 12.2. The maximum absolute atomic E-state index is 12.4. The molecule has 0 aromatic heterocycles. The highest BCUT2D eigenvalue weighted by molar-refractivity contribution is 5.77. The fourth-order valence-electron chi connectivity index (χ4n) is 4.97. The average Bonchev–Trinajstić information content (AvgIpc) is 2.67. The molecule has 0 saturated carbocycles. The summed E-state index contributed by atoms with van der Waals surface area (Å²) >= 11 is 0. The van der Waals surface area contributed by atoms with Crippen molar-refractivity contribution in [2.75, 3.05) is 32.7 Å². The van der Waals surface area contributed by atoms with Gasteiger partial charge in [-0.2, -0.15) is 0 Å². The van der Waals surface area contributed by atoms with E-state index in [1.165, 1.54) is 50.9 Å². The summed E-state index contributed by atoms with van der Waals surface area (Å²) in [5.74, 6) is 0.341. The third-order valence-electron chi connectivity index (χ3n) is 6.61. The van der Waals surface area contributed by atoms with Gasteiger partial charge in [0, 0.05) is 32.1 Å². The molecule has 1 spiro atoms. The first kappa shape index (κ1) is 17.0. The Labute approximate surface area is 151 Å². The van der Waals surface area contributed by atoms with Gasteiger partial charge >= 0.3 is 0 Å². The van der Waals surface area contributed by atoms with E-state index in [2.05, 4.69) is 39.4 Å². The van der Waals surface area contributed by atoms with E-state index < -0.39 is 0 Å². The summed E-state index contributed by atoms with van der Waals surface area (Å²) < 4.78 is 0. The van der Waals surface area contributed by atoms with Crippen LogP contribution in [-0.4, -0.2) is 54.5 Å². The lowest BCUT2D eigenvalue weighted by Crippen LogP contribution is -2.55. The third kappa shape index (κ3) is 3.90. The number of nitrogens with one attached hydrogen (secondary N) is 1. The Balaban J connectivity index is 1.36. The number of nitrogens with zero attached hydrogens (tertiary/aromatic N) is 2. The maximum atomic E-state index is 12.4. The number of carbonyl (C=O) groups excluding carboxylic acids is 1. The Bertz CT molecular complexity index is 574. The van der Waals surface area contributed by atoms with Crippen LogP contribution in [0, 0.1) is 5.41 Å². The van der Waals surface area contributed by atoms with Crippen LogP contribution < -0.4 is 5.32 Å². The largest absolute Gasteiger partial charge is 0.338 e. The Morgan fingerprint density at radius 1 is 1.12 bits per heavy atom. The van der Waals surface area contributed by atoms with Gasteiger partial charge in [-0.25, -0.2) is 0 Å². The van der Waals surface area contributed by atoms with E-state index in [1.807, 2.05) is 6.07 Å². The van der Waals surface area contributed by atoms with E-state index in [0.29, 0.717) is 11.3 Å². The first-order valence-electron chi connectivity index (χ1n) is 10.0. The molecule has 1 amide bonds. The predicted octanol–water partition coefficient (Wildman–Crippen LogP) is 2.64. The normalized spacial score (nSPS) is 27.6. The van der Waals surface area contributed by atoms with Gasteiger partial charge in [-0.05, 0) is 62.7 Å². The number of benzene rings is 1. The van der Waals surface area contributed by atoms with Crippen LogP contribution in [0.4, 0.5) is 0 Å². The smallest absolute Gasteiger partial charge is 0.222 e. The molecule has 3 saturated heterocycles. The zero-order valence-corrected chi connectivity index (χ0v) is 15.3. The van der Waals surface area contributed by atoms with Crippen LogP contribution in [-0.2, 0) is 11.3 Å². The number of carbonyl (C=O) groups is 1. The minimum Gasteiger partial charge on any atom is -0.338 e. The number of amides is 1. The molecule has 0 bridgehead atoms. The van der Waals surface area contributed by atoms with Crippen LogP contribution >= 0.6 is 0 Å². The van der Waals surface area contributed by atoms with Crippen LogP contribution in [0.2, 0.25) is 0 Å². The molecule has 25 heavy (non-hydrogen) atoms. The van der Waals surface area contributed by atoms with Crippen molar-refractivity contribution in [3.8, 4) is 0 Å². The summed E-state index contributed by atoms with van der Waals surface area (Å²) in [4.78, 5) is 17.3. The maximum Gasteiger partial charge on any atom is 0.222 e. The van der Waals surface area contributed by atoms with E-state index >= 15 is 0 Å². The summed E-state index contributed by atoms with van der Waals surface area (Å²) in [6, 6.07) is 11.2. The zero-order chi connectivity index (χ0) is 17.1. The number of hydrogen-bond donors (Lipinski definition) is 1. The molecule has 3 aliphatic heterocycles. The van der Waals surface area contributed by atoms with Crippen molar-refractivity contribution in [2.24, 2.45) is 5.41 Å². The quantitative estimate of drug-likeness (QED) is 0.918. The molecule has 136 valence electrons. The van der Waals surface area contributed by atoms with Crippen molar-refractivity contribution in [1.29, 1.82) is 0 Å². The second-order valence-electron chi connectivity index (χ2n) is 8.27. The molecular formula is C21H31N3O. The molecule has 4 rings (SSSR count). The number of hydrogen-bond acceptors (Lipinski definition) is 3. The van der Waals surface area contributed by atoms with Gasteiger partial charge in [0.15, 0.2) is 0 Å². The van der Waals surface area contributed by atoms with Gasteiger partial charge in [0.1, 0.15) is 0 Å². The molecule has 4 nitrogen and oxygen atoms in total. The van der Waals surface area contributed by atoms with Gasteiger partial charge in [-0.15, -0.1) is 0 Å². The lowest BCUT2D eigenvalue weighted by molar-refractivity contribution is -0.140. The van der Waals surface area contributed by atoms with E-state index in [1.54, 1.807) is 0 Å². The molecule has 0 unspecified atom stereocenters. The second-order valence-corrected chi connectivity index (χ2v) is 8.27. The predicted molar refractivity (Wildman–Crippen MR) is 100 cm³/mol. The fourth-order valence-corrected chi connectivity index (χ4v) is 4.97. The highest BCUT2D eigenvalue weighted by Gasteiger charge is 2.41. The van der Waals surface area contributed by atoms with Gasteiger partial charge in [0.2, 0.25) is 5.91 Å². The molecule has 3 aliphatic rings. The van der Waals surface area contributed by atoms with Crippen LogP contribution in [0.3, 0.4) is 0 Å². The zero-order valence-electron chi connectivity index (χ0n) is 15.3. The standard InChI is InChI=1S/C21H31N3O/c25-20-8-9-21(17-24(20)16-18-5-2-1-3-6-18)10-13-23(14-11-21)19-7-4-12-22-15-19/h1-3,5-6,19,22H,4,7-17H2/t19-/m1/s1. The first-order valence-corrected chi connectivity index (χ1v) is 10.0. The molecule has 1 aromatic rings. The SMILES string of the molecule is O=C1CCC2(CCN([C@@H]3CCCNC3)CC2)CN1Cc1ccccc1. The molecular weight excluding hydrogens is 310 g/mol. The molecule has 4 heteroatoms. The van der Waals surface area contributed by atoms with Crippen molar-refractivity contribution in [3.05, 3.63) is 35.9 Å². The minimum atomic E-state index is 0.341. The molecule has 0 aliphatic carbocycles. The van der Waals surface area contributed by atoms with Crippen LogP contribution in [0.15, 0.2) is 30.3 Å². The summed E-state index contributed by atoms with van der Waals surface area (Å²) in [5, 5.41) is 3.55. The monoisotopic (exact) mass is 341 g/mol. The number of rotatable bonds is 3. The van der Waals surface area contributed by atoms with Crippen molar-refractivity contribution >= 4 is 5.91 Å². The van der Waals surface area contributed by atoms with Gasteiger partial charge in [0.05, 0.1) is 0 Å². The summed E-state index contributed by atoms with van der Waals surface area (Å²) in [6.45, 7) is 6.49. The molecule has 1 N–H and O–H groups in total. The second kappa shape index (κ2) is 7.46. The fraction of sp³-hybridized carbons (Fsp3) is 0.667. The Morgan fingerprint density at radius 2 is 1.92 bits per heavy atom. The van der Waals surface area contributed by atoms with E-state index in [-0.39, 0.29) is 0 Å². The Morgan fingerprint density at radius 3 is 2.64 bits per heavy atom. The lowest BCUT2D eigenvalue weighted by Gasteiger charge is -2.49. The molecule has 1 atom stereocenters. The van der Waals surface area contributed by atoms with Crippen molar-refractivity contribution in [3.63, 3.8) is 0 Å². The van der Waals surface area contributed by atoms with Gasteiger partial charge in [0.25, 0.3) is 0 Å². The molecule has 3 heterocycles. The van der Waals surface area contributed by atoms with Gasteiger partial charge in [-0.1, -0.05) is 30.3 Å². The Kier molecular flexibility index (Phi) is 5.09. The van der Waals surface area contributed by atoms with Crippen molar-refractivity contribution in [1.82, 2.24) is 15.1 Å². The van der Waals surface area contributed by atoms with Gasteiger partial charge in [-0.3, -0.25) is 9.69 Å². The van der Waals surface area contributed by atoms with Gasteiger partial charge < -0.3 is 10.2 Å². The summed E-state index contributed by atoms with van der Waals surface area (Å²) in [7, 11) is 0. The highest BCUT2D eigenvalue weighted by Crippen LogP contribution is 2.41. The average molecular weight is 341 g/mol. The lowest BCUT2D eigenvalue weighted by atomic mass is 9.72. The van der Waals surface area contributed by atoms with Crippen LogP contribution in [0.5, 0.6) is 0 Å². The Hall–Kier alpha value is -1.39. The minimum absolute atomic E-state index is 0.341. The summed E-state index contributed by atoms with van der Waals surface area (Å²) in [5.41, 5.74) is 1.61. The summed E-state index contributed by atoms with van der Waals surface area (Å²) in [6.07, 6.45) is 6.99. The van der Waals surface area contributed by atoms with Crippen LogP contribution in [0.25, 0.3) is 0 Å². The van der Waals surface area contributed by atoms with E-state index in [0.717, 1.165) is 38.5 Å². The van der Waals surface area contributed by atoms with Crippen molar-refractivity contribution in [2.45, 2.75) is 51.1 Å². The van der Waals surface area contributed by atoms with Crippen molar-refractivity contribution < 1.29 is 4.79 Å². The van der Waals surface area contributed by atoms with Crippen LogP contribution in [0.1, 0.15) is 44.1 Å². The number of piperidine rings is 3. The van der Waals surface area contributed by atoms with E-state index in [9.17, 15) is 4.79 Å². The molecule has 1 aromatic carbocycles. The third-order valence-corrected chi connectivity index (χ3v) is 6.61. The highest BCUT2D eigenvalue weighted by atomic mass is 16.2. The molecule has 3 fully saturated rings. The number of likely N-dealkylation sites (tertiary alicyclic amines) is 2. The topological polar surface area (TPSA) is 35.6 Å². The van der Waals surface area contributed by atoms with E-state index in [4.69, 9.17) is 0 Å². The molecule has 0 radical (unpaired) electrons.